The van der Waals surface area contributed by atoms with Crippen molar-refractivity contribution in [1.29, 1.82) is 0 Å². The SMILES string of the molecule is C=CCOC(=O)c1nnn(CCC(C)O)c1C. The van der Waals surface area contributed by atoms with Crippen LogP contribution in [0.4, 0.5) is 0 Å². The second-order valence-electron chi connectivity index (χ2n) is 3.77. The fraction of sp³-hybridized carbons (Fsp3) is 0.545. The van der Waals surface area contributed by atoms with Gasteiger partial charge >= 0.3 is 5.97 Å². The molecule has 0 amide bonds. The number of carbonyl (C=O) groups excluding carboxylic acids is 1. The predicted octanol–water partition coefficient (Wildman–Crippen LogP) is 0.700. The third kappa shape index (κ3) is 3.67. The summed E-state index contributed by atoms with van der Waals surface area (Å²) in [6.07, 6.45) is 1.64. The molecule has 1 heterocycles. The lowest BCUT2D eigenvalue weighted by molar-refractivity contribution is 0.0542. The van der Waals surface area contributed by atoms with E-state index in [1.807, 2.05) is 0 Å². The minimum atomic E-state index is -0.509. The molecular formula is C11H17N3O3. The molecule has 6 nitrogen and oxygen atoms in total. The van der Waals surface area contributed by atoms with E-state index in [0.29, 0.717) is 18.7 Å². The van der Waals surface area contributed by atoms with Crippen LogP contribution in [0.3, 0.4) is 0 Å². The predicted molar refractivity (Wildman–Crippen MR) is 61.5 cm³/mol. The van der Waals surface area contributed by atoms with Gasteiger partial charge in [-0.1, -0.05) is 17.9 Å². The topological polar surface area (TPSA) is 77.2 Å². The summed E-state index contributed by atoms with van der Waals surface area (Å²) in [5.74, 6) is -0.509. The van der Waals surface area contributed by atoms with Crippen molar-refractivity contribution >= 4 is 5.97 Å². The fourth-order valence-electron chi connectivity index (χ4n) is 1.27. The van der Waals surface area contributed by atoms with E-state index >= 15 is 0 Å². The van der Waals surface area contributed by atoms with Gasteiger partial charge in [0, 0.05) is 6.54 Å². The van der Waals surface area contributed by atoms with E-state index in [-0.39, 0.29) is 12.3 Å². The van der Waals surface area contributed by atoms with Crippen LogP contribution in [0.1, 0.15) is 29.5 Å². The van der Waals surface area contributed by atoms with Crippen LogP contribution in [0.15, 0.2) is 12.7 Å². The van der Waals surface area contributed by atoms with Crippen LogP contribution in [0, 0.1) is 6.92 Å². The molecule has 17 heavy (non-hydrogen) atoms. The minimum absolute atomic E-state index is 0.152. The number of aryl methyl sites for hydroxylation is 1. The number of rotatable bonds is 6. The van der Waals surface area contributed by atoms with Gasteiger partial charge in [0.1, 0.15) is 6.61 Å². The van der Waals surface area contributed by atoms with Gasteiger partial charge < -0.3 is 9.84 Å². The summed E-state index contributed by atoms with van der Waals surface area (Å²) in [5.41, 5.74) is 0.845. The molecule has 1 N–H and O–H groups in total. The molecule has 0 aliphatic rings. The molecule has 1 unspecified atom stereocenters. The number of hydrogen-bond acceptors (Lipinski definition) is 5. The van der Waals surface area contributed by atoms with Crippen LogP contribution in [0.5, 0.6) is 0 Å². The highest BCUT2D eigenvalue weighted by Crippen LogP contribution is 2.07. The summed E-state index contributed by atoms with van der Waals surface area (Å²) in [6, 6.07) is 0. The Morgan fingerprint density at radius 3 is 3.00 bits per heavy atom. The van der Waals surface area contributed by atoms with E-state index in [1.165, 1.54) is 6.08 Å². The molecule has 1 aromatic rings. The van der Waals surface area contributed by atoms with Crippen molar-refractivity contribution in [3.63, 3.8) is 0 Å². The summed E-state index contributed by atoms with van der Waals surface area (Å²) in [4.78, 5) is 11.5. The Hall–Kier alpha value is -1.69. The van der Waals surface area contributed by atoms with Crippen LogP contribution in [0.2, 0.25) is 0 Å². The monoisotopic (exact) mass is 239 g/mol. The zero-order chi connectivity index (χ0) is 12.8. The van der Waals surface area contributed by atoms with Crippen molar-refractivity contribution in [2.45, 2.75) is 32.9 Å². The molecule has 0 aromatic carbocycles. The van der Waals surface area contributed by atoms with Gasteiger partial charge in [0.25, 0.3) is 0 Å². The summed E-state index contributed by atoms with van der Waals surface area (Å²) in [5, 5.41) is 16.8. The van der Waals surface area contributed by atoms with Crippen molar-refractivity contribution in [2.75, 3.05) is 6.61 Å². The summed E-state index contributed by atoms with van der Waals surface area (Å²) in [6.45, 7) is 7.57. The number of nitrogens with zero attached hydrogens (tertiary/aromatic N) is 3. The first kappa shape index (κ1) is 13.4. The number of ether oxygens (including phenoxy) is 1. The van der Waals surface area contributed by atoms with Gasteiger partial charge in [-0.2, -0.15) is 0 Å². The Morgan fingerprint density at radius 1 is 1.71 bits per heavy atom. The van der Waals surface area contributed by atoms with Gasteiger partial charge in [0.2, 0.25) is 0 Å². The van der Waals surface area contributed by atoms with Gasteiger partial charge in [0.05, 0.1) is 11.8 Å². The third-order valence-electron chi connectivity index (χ3n) is 2.27. The van der Waals surface area contributed by atoms with E-state index in [0.717, 1.165) is 0 Å². The highest BCUT2D eigenvalue weighted by atomic mass is 16.5. The second-order valence-corrected chi connectivity index (χ2v) is 3.77. The first-order valence-electron chi connectivity index (χ1n) is 5.42. The van der Waals surface area contributed by atoms with Crippen LogP contribution < -0.4 is 0 Å². The van der Waals surface area contributed by atoms with Crippen molar-refractivity contribution in [2.24, 2.45) is 0 Å². The maximum absolute atomic E-state index is 11.5. The smallest absolute Gasteiger partial charge is 0.361 e. The lowest BCUT2D eigenvalue weighted by Crippen LogP contribution is -2.11. The maximum Gasteiger partial charge on any atom is 0.361 e. The van der Waals surface area contributed by atoms with Gasteiger partial charge in [-0.15, -0.1) is 5.10 Å². The molecule has 0 aliphatic heterocycles. The standard InChI is InChI=1S/C11H17N3O3/c1-4-7-17-11(16)10-9(3)14(13-12-10)6-5-8(2)15/h4,8,15H,1,5-7H2,2-3H3. The number of aromatic nitrogens is 3. The Bertz CT molecular complexity index is 399. The summed E-state index contributed by atoms with van der Waals surface area (Å²) in [7, 11) is 0. The van der Waals surface area contributed by atoms with Gasteiger partial charge in [-0.3, -0.25) is 0 Å². The Labute approximate surface area is 99.9 Å². The van der Waals surface area contributed by atoms with Crippen LogP contribution in [-0.2, 0) is 11.3 Å². The van der Waals surface area contributed by atoms with Gasteiger partial charge in [-0.25, -0.2) is 9.48 Å². The van der Waals surface area contributed by atoms with E-state index < -0.39 is 12.1 Å². The third-order valence-corrected chi connectivity index (χ3v) is 2.27. The van der Waals surface area contributed by atoms with Crippen molar-refractivity contribution in [3.8, 4) is 0 Å². The second kappa shape index (κ2) is 6.15. The molecule has 0 aliphatic carbocycles. The van der Waals surface area contributed by atoms with Crippen molar-refractivity contribution in [3.05, 3.63) is 24.0 Å². The zero-order valence-electron chi connectivity index (χ0n) is 10.1. The van der Waals surface area contributed by atoms with Crippen molar-refractivity contribution in [1.82, 2.24) is 15.0 Å². The normalized spacial score (nSPS) is 12.2. The molecule has 0 saturated heterocycles. The fourth-order valence-corrected chi connectivity index (χ4v) is 1.27. The molecule has 0 bridgehead atoms. The molecule has 0 saturated carbocycles. The lowest BCUT2D eigenvalue weighted by atomic mass is 10.3. The van der Waals surface area contributed by atoms with E-state index in [9.17, 15) is 9.90 Å². The molecule has 1 aromatic heterocycles. The van der Waals surface area contributed by atoms with E-state index in [1.54, 1.807) is 18.5 Å². The zero-order valence-corrected chi connectivity index (χ0v) is 10.1. The Kier molecular flexibility index (Phi) is 4.84. The van der Waals surface area contributed by atoms with Crippen molar-refractivity contribution < 1.29 is 14.6 Å². The maximum atomic E-state index is 11.5. The number of aliphatic hydroxyl groups excluding tert-OH is 1. The molecule has 1 atom stereocenters. The van der Waals surface area contributed by atoms with Gasteiger partial charge in [0.15, 0.2) is 5.69 Å². The molecule has 0 spiro atoms. The summed E-state index contributed by atoms with van der Waals surface area (Å²) >= 11 is 0. The minimum Gasteiger partial charge on any atom is -0.457 e. The van der Waals surface area contributed by atoms with Crippen LogP contribution in [0.25, 0.3) is 0 Å². The Balaban J connectivity index is 2.69. The van der Waals surface area contributed by atoms with E-state index in [4.69, 9.17) is 4.74 Å². The molecule has 1 rings (SSSR count). The average Bonchev–Trinajstić information content (AvgIpc) is 2.65. The molecular weight excluding hydrogens is 222 g/mol. The number of hydrogen-bond donors (Lipinski definition) is 1. The Morgan fingerprint density at radius 2 is 2.41 bits per heavy atom. The molecule has 94 valence electrons. The van der Waals surface area contributed by atoms with Crippen LogP contribution >= 0.6 is 0 Å². The van der Waals surface area contributed by atoms with Gasteiger partial charge in [-0.05, 0) is 20.3 Å². The highest BCUT2D eigenvalue weighted by Gasteiger charge is 2.17. The summed E-state index contributed by atoms with van der Waals surface area (Å²) < 4.78 is 6.46. The lowest BCUT2D eigenvalue weighted by Gasteiger charge is -2.05. The average molecular weight is 239 g/mol. The molecule has 0 radical (unpaired) electrons. The number of esters is 1. The molecule has 6 heteroatoms. The van der Waals surface area contributed by atoms with Crippen LogP contribution in [-0.4, -0.2) is 38.8 Å². The highest BCUT2D eigenvalue weighted by molar-refractivity contribution is 5.88. The molecule has 0 fully saturated rings. The largest absolute Gasteiger partial charge is 0.457 e. The van der Waals surface area contributed by atoms with E-state index in [2.05, 4.69) is 16.9 Å². The quantitative estimate of drug-likeness (QED) is 0.584. The first-order chi connectivity index (χ1) is 8.06. The first-order valence-corrected chi connectivity index (χ1v) is 5.42. The number of carbonyl (C=O) groups is 1. The number of aliphatic hydroxyl groups is 1.